The predicted molar refractivity (Wildman–Crippen MR) is 96.5 cm³/mol. The molecule has 0 bridgehead atoms. The summed E-state index contributed by atoms with van der Waals surface area (Å²) in [5, 5.41) is 3.64. The number of fused-ring (bicyclic) bond motifs is 3. The lowest BCUT2D eigenvalue weighted by atomic mass is 10.1. The monoisotopic (exact) mass is 369 g/mol. The number of nitrogens with two attached hydrogens (primary N) is 1. The van der Waals surface area contributed by atoms with E-state index in [1.807, 2.05) is 6.92 Å². The van der Waals surface area contributed by atoms with Gasteiger partial charge < -0.3 is 20.5 Å². The van der Waals surface area contributed by atoms with Crippen LogP contribution in [-0.2, 0) is 9.53 Å². The minimum atomic E-state index is -0.555. The molecule has 1 fully saturated rings. The van der Waals surface area contributed by atoms with Crippen LogP contribution < -0.4 is 15.8 Å². The van der Waals surface area contributed by atoms with Crippen LogP contribution in [-0.4, -0.2) is 51.5 Å². The maximum absolute atomic E-state index is 11.7. The maximum atomic E-state index is 11.7. The zero-order valence-electron chi connectivity index (χ0n) is 14.7. The third-order valence-electron chi connectivity index (χ3n) is 4.64. The van der Waals surface area contributed by atoms with Crippen LogP contribution in [0.1, 0.15) is 23.7 Å². The Morgan fingerprint density at radius 2 is 2.30 bits per heavy atom. The summed E-state index contributed by atoms with van der Waals surface area (Å²) in [5.41, 5.74) is 6.91. The molecule has 0 unspecified atom stereocenters. The van der Waals surface area contributed by atoms with Crippen LogP contribution in [0.15, 0.2) is 30.7 Å². The normalized spacial score (nSPS) is 20.0. The SMILES string of the molecule is CC[C@H]1OCC(=O)N[C@H]1COc1nccc2cc(C(N)=O)c3nccn3c12. The molecule has 140 valence electrons. The van der Waals surface area contributed by atoms with E-state index in [9.17, 15) is 9.59 Å². The molecule has 1 aliphatic rings. The average molecular weight is 369 g/mol. The zero-order valence-corrected chi connectivity index (χ0v) is 14.7. The lowest BCUT2D eigenvalue weighted by molar-refractivity contribution is -0.138. The second-order valence-corrected chi connectivity index (χ2v) is 6.34. The fraction of sp³-hybridized carbons (Fsp3) is 0.333. The number of primary amides is 1. The van der Waals surface area contributed by atoms with Gasteiger partial charge in [0.15, 0.2) is 0 Å². The van der Waals surface area contributed by atoms with Crippen molar-refractivity contribution in [2.24, 2.45) is 5.73 Å². The van der Waals surface area contributed by atoms with Crippen molar-refractivity contribution in [2.45, 2.75) is 25.5 Å². The number of aromatic nitrogens is 3. The van der Waals surface area contributed by atoms with Crippen LogP contribution in [0.4, 0.5) is 0 Å². The Bertz CT molecular complexity index is 1030. The van der Waals surface area contributed by atoms with Crippen LogP contribution in [0.2, 0.25) is 0 Å². The molecule has 0 radical (unpaired) electrons. The van der Waals surface area contributed by atoms with E-state index in [2.05, 4.69) is 15.3 Å². The van der Waals surface area contributed by atoms with E-state index in [-0.39, 0.29) is 31.3 Å². The van der Waals surface area contributed by atoms with Crippen LogP contribution in [0.3, 0.4) is 0 Å². The molecule has 0 aliphatic carbocycles. The molecular weight excluding hydrogens is 350 g/mol. The van der Waals surface area contributed by atoms with E-state index >= 15 is 0 Å². The van der Waals surface area contributed by atoms with Crippen molar-refractivity contribution in [3.05, 3.63) is 36.3 Å². The molecule has 27 heavy (non-hydrogen) atoms. The number of ether oxygens (including phenoxy) is 2. The summed E-state index contributed by atoms with van der Waals surface area (Å²) < 4.78 is 13.2. The molecule has 0 saturated carbocycles. The third kappa shape index (κ3) is 3.06. The van der Waals surface area contributed by atoms with Gasteiger partial charge in [-0.3, -0.25) is 14.0 Å². The Hall–Kier alpha value is -3.20. The molecule has 4 rings (SSSR count). The van der Waals surface area contributed by atoms with E-state index in [0.29, 0.717) is 22.6 Å². The van der Waals surface area contributed by atoms with Crippen LogP contribution in [0.25, 0.3) is 16.6 Å². The molecule has 3 aromatic heterocycles. The first-order valence-corrected chi connectivity index (χ1v) is 8.66. The Labute approximate surface area is 154 Å². The number of hydrogen-bond donors (Lipinski definition) is 2. The van der Waals surface area contributed by atoms with Gasteiger partial charge >= 0.3 is 0 Å². The van der Waals surface area contributed by atoms with Crippen LogP contribution in [0.5, 0.6) is 5.88 Å². The zero-order chi connectivity index (χ0) is 19.0. The smallest absolute Gasteiger partial charge is 0.252 e. The summed E-state index contributed by atoms with van der Waals surface area (Å²) in [4.78, 5) is 31.9. The lowest BCUT2D eigenvalue weighted by Crippen LogP contribution is -2.54. The predicted octanol–water partition coefficient (Wildman–Crippen LogP) is 0.654. The van der Waals surface area contributed by atoms with Gasteiger partial charge in [0.05, 0.1) is 17.7 Å². The Balaban J connectivity index is 1.71. The highest BCUT2D eigenvalue weighted by Gasteiger charge is 2.29. The first-order valence-electron chi connectivity index (χ1n) is 8.66. The van der Waals surface area contributed by atoms with E-state index in [1.165, 1.54) is 0 Å². The molecule has 3 aromatic rings. The highest BCUT2D eigenvalue weighted by Crippen LogP contribution is 2.27. The largest absolute Gasteiger partial charge is 0.474 e. The summed E-state index contributed by atoms with van der Waals surface area (Å²) in [6, 6.07) is 3.18. The molecular formula is C18H19N5O4. The van der Waals surface area contributed by atoms with E-state index in [4.69, 9.17) is 15.2 Å². The molecule has 3 N–H and O–H groups in total. The standard InChI is InChI=1S/C18H19N5O4/c1-2-13-12(22-14(24)9-26-13)8-27-18-15-10(3-4-21-18)7-11(16(19)25)17-20-5-6-23(15)17/h3-7,12-13H,2,8-9H2,1H3,(H2,19,25)(H,22,24)/t12-,13+/m0/s1. The first-order chi connectivity index (χ1) is 13.1. The molecule has 9 heteroatoms. The minimum Gasteiger partial charge on any atom is -0.474 e. The van der Waals surface area contributed by atoms with Gasteiger partial charge in [-0.2, -0.15) is 0 Å². The molecule has 4 heterocycles. The molecule has 2 amide bonds. The Morgan fingerprint density at radius 1 is 1.44 bits per heavy atom. The van der Waals surface area contributed by atoms with Crippen molar-refractivity contribution in [1.82, 2.24) is 19.7 Å². The molecule has 2 atom stereocenters. The van der Waals surface area contributed by atoms with Crippen molar-refractivity contribution < 1.29 is 19.1 Å². The van der Waals surface area contributed by atoms with Gasteiger partial charge in [-0.15, -0.1) is 0 Å². The highest BCUT2D eigenvalue weighted by molar-refractivity contribution is 6.03. The Kier molecular flexibility index (Phi) is 4.36. The minimum absolute atomic E-state index is 0.0626. The quantitative estimate of drug-likeness (QED) is 0.681. The summed E-state index contributed by atoms with van der Waals surface area (Å²) in [5.74, 6) is -0.344. The molecule has 1 saturated heterocycles. The number of imidazole rings is 1. The average Bonchev–Trinajstić information content (AvgIpc) is 3.15. The van der Waals surface area contributed by atoms with Gasteiger partial charge in [0.1, 0.15) is 24.4 Å². The third-order valence-corrected chi connectivity index (χ3v) is 4.64. The van der Waals surface area contributed by atoms with E-state index in [1.54, 1.807) is 35.1 Å². The summed E-state index contributed by atoms with van der Waals surface area (Å²) in [7, 11) is 0. The van der Waals surface area contributed by atoms with Crippen LogP contribution >= 0.6 is 0 Å². The summed E-state index contributed by atoms with van der Waals surface area (Å²) in [6.07, 6.45) is 5.54. The molecule has 0 spiro atoms. The maximum Gasteiger partial charge on any atom is 0.252 e. The number of rotatable bonds is 5. The number of carbonyl (C=O) groups is 2. The van der Waals surface area contributed by atoms with Gasteiger partial charge in [0, 0.05) is 24.0 Å². The lowest BCUT2D eigenvalue weighted by Gasteiger charge is -2.31. The van der Waals surface area contributed by atoms with Gasteiger partial charge in [-0.05, 0) is 18.6 Å². The van der Waals surface area contributed by atoms with Crippen molar-refractivity contribution in [3.8, 4) is 5.88 Å². The first kappa shape index (κ1) is 17.2. The number of morpholine rings is 1. The summed E-state index contributed by atoms with van der Waals surface area (Å²) in [6.45, 7) is 2.27. The van der Waals surface area contributed by atoms with Crippen molar-refractivity contribution >= 4 is 28.4 Å². The van der Waals surface area contributed by atoms with E-state index < -0.39 is 5.91 Å². The van der Waals surface area contributed by atoms with Crippen molar-refractivity contribution in [2.75, 3.05) is 13.2 Å². The topological polar surface area (TPSA) is 121 Å². The van der Waals surface area contributed by atoms with Gasteiger partial charge in [0.25, 0.3) is 5.91 Å². The fourth-order valence-corrected chi connectivity index (χ4v) is 3.36. The fourth-order valence-electron chi connectivity index (χ4n) is 3.36. The number of carbonyl (C=O) groups excluding carboxylic acids is 2. The number of amides is 2. The number of nitrogens with zero attached hydrogens (tertiary/aromatic N) is 3. The molecule has 0 aromatic carbocycles. The second-order valence-electron chi connectivity index (χ2n) is 6.34. The van der Waals surface area contributed by atoms with Crippen molar-refractivity contribution in [3.63, 3.8) is 0 Å². The van der Waals surface area contributed by atoms with Gasteiger partial charge in [0.2, 0.25) is 11.8 Å². The highest BCUT2D eigenvalue weighted by atomic mass is 16.5. The van der Waals surface area contributed by atoms with E-state index in [0.717, 1.165) is 11.8 Å². The number of nitrogens with one attached hydrogen (secondary N) is 1. The number of pyridine rings is 2. The second kappa shape index (κ2) is 6.84. The van der Waals surface area contributed by atoms with Gasteiger partial charge in [-0.25, -0.2) is 9.97 Å². The number of hydrogen-bond acceptors (Lipinski definition) is 6. The summed E-state index contributed by atoms with van der Waals surface area (Å²) >= 11 is 0. The van der Waals surface area contributed by atoms with Gasteiger partial charge in [-0.1, -0.05) is 6.92 Å². The van der Waals surface area contributed by atoms with Crippen LogP contribution in [0, 0.1) is 0 Å². The Morgan fingerprint density at radius 3 is 3.07 bits per heavy atom. The molecule has 1 aliphatic heterocycles. The molecule has 9 nitrogen and oxygen atoms in total. The van der Waals surface area contributed by atoms with Crippen molar-refractivity contribution in [1.29, 1.82) is 0 Å².